The molecule has 0 fully saturated rings. The number of fused-ring (bicyclic) bond motifs is 8. The standard InChI is InChI=1S/C66H90N4O4S2/c1-5-9-13-17-21-23-27-31-39-47(37-29-25-19-15-11-7-3)45-69-63(71)55-53-54-56(60-61(57(53)65(69)73)75-51-43-35-34-42-50(51)68-60)64(72)70(66(74)58(54)62-59(55)67-49-41-33-36-44-52(49)76-62)46-48(38-30-26-20-16-12-8-4)40-32-28-24-22-18-14-10-6-2/h33-36,41-44,47-48H,5-32,37-40,45-46H2,1-4H3. The van der Waals surface area contributed by atoms with E-state index >= 15 is 19.2 Å². The summed E-state index contributed by atoms with van der Waals surface area (Å²) in [4.78, 5) is 73.7. The molecule has 0 saturated carbocycles. The first-order valence-corrected chi connectivity index (χ1v) is 32.4. The van der Waals surface area contributed by atoms with Crippen molar-refractivity contribution in [1.82, 2.24) is 19.1 Å². The first-order chi connectivity index (χ1) is 37.3. The third-order valence-electron chi connectivity index (χ3n) is 16.8. The third kappa shape index (κ3) is 13.8. The van der Waals surface area contributed by atoms with E-state index in [-0.39, 0.29) is 34.1 Å². The van der Waals surface area contributed by atoms with E-state index in [0.717, 1.165) is 97.5 Å². The lowest BCUT2D eigenvalue weighted by atomic mass is 9.92. The minimum absolute atomic E-state index is 0.150. The van der Waals surface area contributed by atoms with Gasteiger partial charge >= 0.3 is 0 Å². The Bertz CT molecular complexity index is 2970. The summed E-state index contributed by atoms with van der Waals surface area (Å²) in [6.07, 6.45) is 37.7. The molecule has 410 valence electrons. The summed E-state index contributed by atoms with van der Waals surface area (Å²) in [5.74, 6) is 0.300. The Labute approximate surface area is 460 Å². The van der Waals surface area contributed by atoms with E-state index in [4.69, 9.17) is 9.97 Å². The highest BCUT2D eigenvalue weighted by atomic mass is 32.1. The van der Waals surface area contributed by atoms with E-state index < -0.39 is 0 Å². The number of para-hydroxylation sites is 2. The average molecular weight is 1070 g/mol. The maximum Gasteiger partial charge on any atom is 0.263 e. The van der Waals surface area contributed by atoms with Crippen LogP contribution in [0.25, 0.3) is 73.2 Å². The van der Waals surface area contributed by atoms with Crippen LogP contribution in [0.1, 0.15) is 233 Å². The van der Waals surface area contributed by atoms with Crippen LogP contribution in [0.3, 0.4) is 0 Å². The fourth-order valence-electron chi connectivity index (χ4n) is 12.4. The van der Waals surface area contributed by atoms with E-state index in [1.54, 1.807) is 0 Å². The second kappa shape index (κ2) is 29.4. The first-order valence-electron chi connectivity index (χ1n) is 30.7. The Morgan fingerprint density at radius 2 is 0.632 bits per heavy atom. The molecular formula is C66H90N4O4S2. The molecule has 4 aromatic heterocycles. The van der Waals surface area contributed by atoms with Crippen LogP contribution in [0.5, 0.6) is 0 Å². The Balaban J connectivity index is 1.30. The van der Waals surface area contributed by atoms with Crippen LogP contribution in [0.15, 0.2) is 67.7 Å². The van der Waals surface area contributed by atoms with E-state index in [2.05, 4.69) is 27.7 Å². The van der Waals surface area contributed by atoms with Gasteiger partial charge in [0.25, 0.3) is 22.2 Å². The van der Waals surface area contributed by atoms with Crippen LogP contribution in [0, 0.1) is 11.8 Å². The number of hydrogen-bond donors (Lipinski definition) is 0. The van der Waals surface area contributed by atoms with E-state index in [1.807, 2.05) is 48.5 Å². The monoisotopic (exact) mass is 1070 g/mol. The van der Waals surface area contributed by atoms with Gasteiger partial charge in [0.1, 0.15) is 0 Å². The first kappa shape index (κ1) is 57.6. The molecule has 0 spiro atoms. The molecule has 8 rings (SSSR count). The lowest BCUT2D eigenvalue weighted by molar-refractivity contribution is 0.350. The van der Waals surface area contributed by atoms with Crippen LogP contribution in [0.4, 0.5) is 0 Å². The number of rotatable bonds is 36. The number of benzene rings is 4. The van der Waals surface area contributed by atoms with Crippen LogP contribution in [-0.2, 0) is 13.1 Å². The molecule has 0 aliphatic rings. The summed E-state index contributed by atoms with van der Waals surface area (Å²) in [7, 11) is 0. The zero-order chi connectivity index (χ0) is 53.2. The minimum Gasteiger partial charge on any atom is -0.274 e. The quantitative estimate of drug-likeness (QED) is 0.0220. The fraction of sp³-hybridized carbons (Fsp3) is 0.606. The van der Waals surface area contributed by atoms with E-state index in [1.165, 1.54) is 160 Å². The lowest BCUT2D eigenvalue weighted by Crippen LogP contribution is -2.38. The molecule has 0 aliphatic carbocycles. The van der Waals surface area contributed by atoms with Gasteiger partial charge in [-0.1, -0.05) is 232 Å². The van der Waals surface area contributed by atoms with Crippen molar-refractivity contribution in [3.8, 4) is 0 Å². The van der Waals surface area contributed by atoms with Crippen molar-refractivity contribution >= 4 is 95.9 Å². The molecule has 76 heavy (non-hydrogen) atoms. The largest absolute Gasteiger partial charge is 0.274 e. The molecule has 4 heterocycles. The Morgan fingerprint density at radius 3 is 0.947 bits per heavy atom. The van der Waals surface area contributed by atoms with Gasteiger partial charge in [-0.25, -0.2) is 9.97 Å². The molecular weight excluding hydrogens is 977 g/mol. The van der Waals surface area contributed by atoms with Gasteiger partial charge in [0.15, 0.2) is 0 Å². The number of pyridine rings is 2. The smallest absolute Gasteiger partial charge is 0.263 e. The van der Waals surface area contributed by atoms with Gasteiger partial charge in [0.2, 0.25) is 0 Å². The van der Waals surface area contributed by atoms with Gasteiger partial charge in [0, 0.05) is 23.9 Å². The summed E-state index contributed by atoms with van der Waals surface area (Å²) in [6.45, 7) is 9.67. The molecule has 2 unspecified atom stereocenters. The van der Waals surface area contributed by atoms with Crippen LogP contribution in [0.2, 0.25) is 0 Å². The topological polar surface area (TPSA) is 104 Å². The molecule has 10 heteroatoms. The van der Waals surface area contributed by atoms with Crippen LogP contribution >= 0.6 is 22.7 Å². The molecule has 0 saturated heterocycles. The molecule has 0 aliphatic heterocycles. The molecule has 0 amide bonds. The van der Waals surface area contributed by atoms with Gasteiger partial charge in [-0.15, -0.1) is 22.7 Å². The summed E-state index contributed by atoms with van der Waals surface area (Å²) in [6, 6.07) is 15.8. The highest BCUT2D eigenvalue weighted by Gasteiger charge is 2.31. The summed E-state index contributed by atoms with van der Waals surface area (Å²) >= 11 is 2.93. The van der Waals surface area contributed by atoms with Crippen molar-refractivity contribution in [3.05, 3.63) is 89.9 Å². The maximum atomic E-state index is 15.8. The predicted octanol–water partition coefficient (Wildman–Crippen LogP) is 18.9. The second-order valence-electron chi connectivity index (χ2n) is 22.8. The number of hydrogen-bond acceptors (Lipinski definition) is 8. The molecule has 8 aromatic rings. The van der Waals surface area contributed by atoms with Crippen LogP contribution in [-0.4, -0.2) is 19.1 Å². The maximum absolute atomic E-state index is 15.8. The van der Waals surface area contributed by atoms with Crippen molar-refractivity contribution in [3.63, 3.8) is 0 Å². The van der Waals surface area contributed by atoms with Gasteiger partial charge < -0.3 is 0 Å². The number of aromatic nitrogens is 4. The summed E-state index contributed by atoms with van der Waals surface area (Å²) in [5.41, 5.74) is 0.897. The van der Waals surface area contributed by atoms with Crippen molar-refractivity contribution in [2.75, 3.05) is 0 Å². The average Bonchev–Trinajstić information content (AvgIpc) is 3.58. The summed E-state index contributed by atoms with van der Waals surface area (Å²) < 4.78 is 6.04. The van der Waals surface area contributed by atoms with Gasteiger partial charge in [-0.2, -0.15) is 0 Å². The second-order valence-corrected chi connectivity index (χ2v) is 24.9. The molecule has 0 N–H and O–H groups in total. The Morgan fingerprint density at radius 1 is 0.355 bits per heavy atom. The Hall–Kier alpha value is -4.54. The van der Waals surface area contributed by atoms with Crippen molar-refractivity contribution in [2.45, 2.75) is 246 Å². The molecule has 2 atom stereocenters. The van der Waals surface area contributed by atoms with Crippen molar-refractivity contribution < 1.29 is 0 Å². The highest BCUT2D eigenvalue weighted by Crippen LogP contribution is 2.44. The number of unbranched alkanes of at least 4 members (excludes halogenated alkanes) is 24. The molecule has 0 bridgehead atoms. The summed E-state index contributed by atoms with van der Waals surface area (Å²) in [5, 5.41) is 2.24. The van der Waals surface area contributed by atoms with Gasteiger partial charge in [-0.05, 0) is 61.8 Å². The van der Waals surface area contributed by atoms with Crippen LogP contribution < -0.4 is 22.2 Å². The fourth-order valence-corrected chi connectivity index (χ4v) is 14.7. The predicted molar refractivity (Wildman–Crippen MR) is 330 cm³/mol. The zero-order valence-corrected chi connectivity index (χ0v) is 48.7. The minimum atomic E-state index is -0.372. The Kier molecular flexibility index (Phi) is 22.3. The molecule has 8 nitrogen and oxygen atoms in total. The SMILES string of the molecule is CCCCCCCCCCC(CCCCCCCC)Cn1c(=O)c2c3nc4ccccc4sc3c3c(=O)n(CC(CCCCCCCC)CCCCCCCCCC)c(=O)c4c5nc6ccccc6sc5c(c1=O)c2c43. The third-order valence-corrected chi connectivity index (χ3v) is 19.1. The van der Waals surface area contributed by atoms with Crippen molar-refractivity contribution in [1.29, 1.82) is 0 Å². The molecule has 4 aromatic carbocycles. The molecule has 0 radical (unpaired) electrons. The van der Waals surface area contributed by atoms with Gasteiger partial charge in [-0.3, -0.25) is 28.3 Å². The van der Waals surface area contributed by atoms with Crippen molar-refractivity contribution in [2.24, 2.45) is 11.8 Å². The normalized spacial score (nSPS) is 13.1. The highest BCUT2D eigenvalue weighted by molar-refractivity contribution is 7.26. The van der Waals surface area contributed by atoms with E-state index in [0.29, 0.717) is 65.8 Å². The zero-order valence-electron chi connectivity index (χ0n) is 47.1. The number of nitrogens with zero attached hydrogens (tertiary/aromatic N) is 4. The van der Waals surface area contributed by atoms with E-state index in [9.17, 15) is 0 Å². The lowest BCUT2D eigenvalue weighted by Gasteiger charge is -2.22. The van der Waals surface area contributed by atoms with Gasteiger partial charge in [0.05, 0.1) is 62.4 Å².